The zero-order valence-corrected chi connectivity index (χ0v) is 25.9. The minimum atomic E-state index is -1.01. The summed E-state index contributed by atoms with van der Waals surface area (Å²) in [5.74, 6) is 0.0308. The maximum absolute atomic E-state index is 13.8. The number of ketones is 1. The SMILES string of the molecule is CCCCCOc1ccc(C2C(=C(O)c3ccc4c(c3)OCCO4)C(=O)C(=O)N2c2nc3ccc(Cl)cc3s2)cc1OCC. The Balaban J connectivity index is 1.49. The van der Waals surface area contributed by atoms with Gasteiger partial charge in [0, 0.05) is 10.6 Å². The van der Waals surface area contributed by atoms with Gasteiger partial charge in [-0.1, -0.05) is 48.8 Å². The van der Waals surface area contributed by atoms with Gasteiger partial charge in [-0.05, 0) is 67.4 Å². The summed E-state index contributed by atoms with van der Waals surface area (Å²) in [5, 5.41) is 12.5. The first-order chi connectivity index (χ1) is 21.4. The van der Waals surface area contributed by atoms with Crippen molar-refractivity contribution in [3.05, 3.63) is 76.3 Å². The Labute approximate surface area is 263 Å². The molecule has 1 amide bonds. The Morgan fingerprint density at radius 2 is 1.82 bits per heavy atom. The van der Waals surface area contributed by atoms with Crippen LogP contribution < -0.4 is 23.8 Å². The lowest BCUT2D eigenvalue weighted by Gasteiger charge is -2.24. The van der Waals surface area contributed by atoms with E-state index < -0.39 is 17.7 Å². The van der Waals surface area contributed by atoms with Gasteiger partial charge in [-0.3, -0.25) is 14.5 Å². The molecule has 2 aliphatic rings. The number of hydrogen-bond acceptors (Lipinski definition) is 9. The van der Waals surface area contributed by atoms with Crippen LogP contribution in [-0.2, 0) is 9.59 Å². The lowest BCUT2D eigenvalue weighted by atomic mass is 9.95. The van der Waals surface area contributed by atoms with Gasteiger partial charge in [-0.15, -0.1) is 0 Å². The number of benzene rings is 3. The summed E-state index contributed by atoms with van der Waals surface area (Å²) in [4.78, 5) is 33.5. The van der Waals surface area contributed by atoms with Crippen molar-refractivity contribution in [2.45, 2.75) is 39.2 Å². The van der Waals surface area contributed by atoms with E-state index in [2.05, 4.69) is 11.9 Å². The third kappa shape index (κ3) is 5.67. The Morgan fingerprint density at radius 1 is 1.00 bits per heavy atom. The fourth-order valence-electron chi connectivity index (χ4n) is 5.30. The zero-order valence-electron chi connectivity index (χ0n) is 24.3. The molecule has 11 heteroatoms. The van der Waals surface area contributed by atoms with Crippen LogP contribution in [0, 0.1) is 0 Å². The van der Waals surface area contributed by atoms with Crippen LogP contribution in [0.4, 0.5) is 5.13 Å². The molecule has 4 aromatic rings. The van der Waals surface area contributed by atoms with Crippen molar-refractivity contribution in [2.24, 2.45) is 0 Å². The normalized spacial score (nSPS) is 17.3. The smallest absolute Gasteiger partial charge is 0.301 e. The van der Waals surface area contributed by atoms with Crippen LogP contribution in [0.15, 0.2) is 60.2 Å². The van der Waals surface area contributed by atoms with E-state index in [-0.39, 0.29) is 11.3 Å². The molecule has 1 saturated heterocycles. The number of Topliss-reactive ketones (excluding diaryl/α,β-unsaturated/α-hetero) is 1. The first-order valence-corrected chi connectivity index (χ1v) is 15.8. The van der Waals surface area contributed by atoms with Crippen molar-refractivity contribution in [2.75, 3.05) is 31.3 Å². The van der Waals surface area contributed by atoms with E-state index in [1.54, 1.807) is 54.6 Å². The molecule has 1 aromatic heterocycles. The number of unbranched alkanes of at least 4 members (excludes halogenated alkanes) is 2. The molecule has 3 heterocycles. The van der Waals surface area contributed by atoms with E-state index in [1.807, 2.05) is 6.92 Å². The van der Waals surface area contributed by atoms with Gasteiger partial charge in [0.15, 0.2) is 28.1 Å². The average Bonchev–Trinajstić information content (AvgIpc) is 3.56. The molecule has 1 atom stereocenters. The topological polar surface area (TPSA) is 107 Å². The van der Waals surface area contributed by atoms with Gasteiger partial charge >= 0.3 is 5.91 Å². The van der Waals surface area contributed by atoms with E-state index in [0.29, 0.717) is 76.2 Å². The van der Waals surface area contributed by atoms with E-state index in [9.17, 15) is 14.7 Å². The number of aromatic nitrogens is 1. The van der Waals surface area contributed by atoms with E-state index in [4.69, 9.17) is 30.5 Å². The number of amides is 1. The zero-order chi connectivity index (χ0) is 30.8. The summed E-state index contributed by atoms with van der Waals surface area (Å²) >= 11 is 7.46. The van der Waals surface area contributed by atoms with Gasteiger partial charge in [-0.2, -0.15) is 0 Å². The maximum atomic E-state index is 13.8. The minimum Gasteiger partial charge on any atom is -0.507 e. The van der Waals surface area contributed by atoms with Crippen molar-refractivity contribution in [3.63, 3.8) is 0 Å². The minimum absolute atomic E-state index is 0.0805. The molecule has 0 saturated carbocycles. The first-order valence-electron chi connectivity index (χ1n) is 14.6. The standard InChI is InChI=1S/C33H31ClN2O7S/c1-3-5-6-13-41-23-11-7-19(16-25(23)40-4-2)29-28(30(37)20-8-12-24-26(17-20)43-15-14-42-24)31(38)32(39)36(29)33-35-22-10-9-21(34)18-27(22)44-33/h7-12,16-18,29,37H,3-6,13-15H2,1-2H3. The molecule has 0 aliphatic carbocycles. The highest BCUT2D eigenvalue weighted by Crippen LogP contribution is 2.46. The lowest BCUT2D eigenvalue weighted by Crippen LogP contribution is -2.29. The summed E-state index contributed by atoms with van der Waals surface area (Å²) in [5.41, 5.74) is 1.41. The maximum Gasteiger partial charge on any atom is 0.301 e. The molecule has 0 radical (unpaired) electrons. The highest BCUT2D eigenvalue weighted by atomic mass is 35.5. The van der Waals surface area contributed by atoms with Crippen LogP contribution in [0.3, 0.4) is 0 Å². The van der Waals surface area contributed by atoms with E-state index in [1.165, 1.54) is 16.2 Å². The average molecular weight is 635 g/mol. The number of rotatable bonds is 10. The summed E-state index contributed by atoms with van der Waals surface area (Å²) in [6, 6.07) is 14.4. The van der Waals surface area contributed by atoms with Crippen molar-refractivity contribution in [1.29, 1.82) is 0 Å². The Bertz CT molecular complexity index is 1770. The van der Waals surface area contributed by atoms with Crippen LogP contribution in [0.5, 0.6) is 23.0 Å². The second kappa shape index (κ2) is 12.8. The van der Waals surface area contributed by atoms with Gasteiger partial charge < -0.3 is 24.1 Å². The number of nitrogens with zero attached hydrogens (tertiary/aromatic N) is 2. The van der Waals surface area contributed by atoms with Crippen molar-refractivity contribution in [3.8, 4) is 23.0 Å². The summed E-state index contributed by atoms with van der Waals surface area (Å²) in [6.07, 6.45) is 3.02. The third-order valence-corrected chi connectivity index (χ3v) is 8.65. The number of ether oxygens (including phenoxy) is 4. The van der Waals surface area contributed by atoms with Gasteiger partial charge in [0.2, 0.25) is 0 Å². The van der Waals surface area contributed by atoms with Crippen molar-refractivity contribution in [1.82, 2.24) is 4.98 Å². The predicted molar refractivity (Wildman–Crippen MR) is 169 cm³/mol. The van der Waals surface area contributed by atoms with Crippen LogP contribution in [-0.4, -0.2) is 48.2 Å². The molecule has 228 valence electrons. The molecule has 1 fully saturated rings. The molecular formula is C33H31ClN2O7S. The number of fused-ring (bicyclic) bond motifs is 2. The van der Waals surface area contributed by atoms with Gasteiger partial charge in [-0.25, -0.2) is 4.98 Å². The summed E-state index contributed by atoms with van der Waals surface area (Å²) < 4.78 is 24.0. The molecule has 9 nitrogen and oxygen atoms in total. The van der Waals surface area contributed by atoms with Crippen LogP contribution >= 0.6 is 22.9 Å². The highest BCUT2D eigenvalue weighted by Gasteiger charge is 2.48. The highest BCUT2D eigenvalue weighted by molar-refractivity contribution is 7.22. The first kappa shape index (κ1) is 29.8. The summed E-state index contributed by atoms with van der Waals surface area (Å²) in [7, 11) is 0. The largest absolute Gasteiger partial charge is 0.507 e. The van der Waals surface area contributed by atoms with E-state index >= 15 is 0 Å². The Hall–Kier alpha value is -4.28. The number of aliphatic hydroxyl groups is 1. The Kier molecular flexibility index (Phi) is 8.63. The molecule has 2 aliphatic heterocycles. The van der Waals surface area contributed by atoms with E-state index in [0.717, 1.165) is 24.0 Å². The molecule has 0 spiro atoms. The van der Waals surface area contributed by atoms with Gasteiger partial charge in [0.05, 0.1) is 35.0 Å². The molecule has 6 rings (SSSR count). The number of aliphatic hydroxyl groups excluding tert-OH is 1. The van der Waals surface area contributed by atoms with Gasteiger partial charge in [0.1, 0.15) is 19.0 Å². The molecule has 0 bridgehead atoms. The predicted octanol–water partition coefficient (Wildman–Crippen LogP) is 7.31. The molecule has 1 unspecified atom stereocenters. The monoisotopic (exact) mass is 634 g/mol. The number of carbonyl (C=O) groups excluding carboxylic acids is 2. The van der Waals surface area contributed by atoms with Crippen LogP contribution in [0.25, 0.3) is 16.0 Å². The van der Waals surface area contributed by atoms with Crippen LogP contribution in [0.1, 0.15) is 50.3 Å². The number of hydrogen-bond donors (Lipinski definition) is 1. The number of anilines is 1. The van der Waals surface area contributed by atoms with Crippen molar-refractivity contribution < 1.29 is 33.6 Å². The number of carbonyl (C=O) groups is 2. The third-order valence-electron chi connectivity index (χ3n) is 7.39. The van der Waals surface area contributed by atoms with Crippen molar-refractivity contribution >= 4 is 55.7 Å². The molecule has 1 N–H and O–H groups in total. The quantitative estimate of drug-likeness (QED) is 0.0837. The van der Waals surface area contributed by atoms with Gasteiger partial charge in [0.25, 0.3) is 5.78 Å². The molecular weight excluding hydrogens is 604 g/mol. The fraction of sp³-hybridized carbons (Fsp3) is 0.303. The number of halogens is 1. The van der Waals surface area contributed by atoms with Crippen LogP contribution in [0.2, 0.25) is 5.02 Å². The lowest BCUT2D eigenvalue weighted by molar-refractivity contribution is -0.132. The second-order valence-corrected chi connectivity index (χ2v) is 11.8. The number of thiazole rings is 1. The second-order valence-electron chi connectivity index (χ2n) is 10.3. The fourth-order valence-corrected chi connectivity index (χ4v) is 6.57. The molecule has 44 heavy (non-hydrogen) atoms. The molecule has 3 aromatic carbocycles. The Morgan fingerprint density at radius 3 is 2.61 bits per heavy atom. The summed E-state index contributed by atoms with van der Waals surface area (Å²) in [6.45, 7) is 5.68.